The van der Waals surface area contributed by atoms with Gasteiger partial charge in [0.25, 0.3) is 0 Å². The molecule has 6 rings (SSSR count). The first-order chi connectivity index (χ1) is 19.2. The number of phenolic OH excluding ortho intramolecular Hbond substituents is 1. The van der Waals surface area contributed by atoms with Gasteiger partial charge >= 0.3 is 0 Å². The van der Waals surface area contributed by atoms with Crippen LogP contribution in [0.1, 0.15) is 0 Å². The molecule has 0 radical (unpaired) electrons. The lowest BCUT2D eigenvalue weighted by atomic mass is 10.1. The first-order valence-corrected chi connectivity index (χ1v) is 13.5. The van der Waals surface area contributed by atoms with Crippen LogP contribution in [0.4, 0.5) is 11.4 Å². The van der Waals surface area contributed by atoms with E-state index in [0.29, 0.717) is 11.0 Å². The molecule has 0 saturated carbocycles. The summed E-state index contributed by atoms with van der Waals surface area (Å²) in [5.74, 6) is 0.891. The number of carbonyl (C=O) groups is 1. The van der Waals surface area contributed by atoms with Gasteiger partial charge in [-0.25, -0.2) is 0 Å². The van der Waals surface area contributed by atoms with E-state index >= 15 is 0 Å². The predicted octanol–water partition coefficient (Wildman–Crippen LogP) is 7.25. The fourth-order valence-electron chi connectivity index (χ4n) is 4.49. The molecule has 0 atom stereocenters. The van der Waals surface area contributed by atoms with E-state index in [0.717, 1.165) is 33.4 Å². The number of hydrogen-bond donors (Lipinski definition) is 1. The number of anilines is 2. The minimum atomic E-state index is -0.0738. The monoisotopic (exact) mass is 528 g/mol. The van der Waals surface area contributed by atoms with Crippen LogP contribution in [0.25, 0.3) is 27.8 Å². The van der Waals surface area contributed by atoms with Crippen LogP contribution >= 0.6 is 11.8 Å². The molecule has 0 bridgehead atoms. The maximum Gasteiger partial charge on any atom is 0.242 e. The Bertz CT molecular complexity index is 1740. The Morgan fingerprint density at radius 3 is 2.13 bits per heavy atom. The minimum absolute atomic E-state index is 0.0738. The molecule has 0 saturated heterocycles. The Hall–Kier alpha value is -4.88. The first-order valence-electron chi connectivity index (χ1n) is 12.5. The number of aromatic hydroxyl groups is 1. The van der Waals surface area contributed by atoms with E-state index in [1.54, 1.807) is 29.2 Å². The average molecular weight is 529 g/mol. The molecule has 0 fully saturated rings. The van der Waals surface area contributed by atoms with Gasteiger partial charge in [0, 0.05) is 22.6 Å². The van der Waals surface area contributed by atoms with E-state index in [9.17, 15) is 9.90 Å². The third-order valence-corrected chi connectivity index (χ3v) is 7.27. The number of para-hydroxylation sites is 2. The highest BCUT2D eigenvalue weighted by Gasteiger charge is 2.22. The molecule has 1 N–H and O–H groups in total. The molecule has 1 aromatic heterocycles. The fraction of sp³-hybridized carbons (Fsp3) is 0.0312. The Morgan fingerprint density at radius 2 is 1.38 bits per heavy atom. The van der Waals surface area contributed by atoms with Crippen molar-refractivity contribution in [2.45, 2.75) is 5.16 Å². The standard InChI is InChI=1S/C32H24N4O2S/c37-29-19-16-24(17-20-29)31-33-34-32(36(31)27-13-5-2-6-14-27)39-22-30(38)35(26-11-3-1-4-12-26)28-18-15-23-9-7-8-10-25(23)21-28/h1-21,37H,22H2. The Morgan fingerprint density at radius 1 is 0.718 bits per heavy atom. The van der Waals surface area contributed by atoms with Crippen molar-refractivity contribution in [2.75, 3.05) is 10.7 Å². The molecule has 1 heterocycles. The maximum atomic E-state index is 13.8. The number of aromatic nitrogens is 3. The van der Waals surface area contributed by atoms with E-state index < -0.39 is 0 Å². The second kappa shape index (κ2) is 10.8. The van der Waals surface area contributed by atoms with Crippen LogP contribution in [-0.4, -0.2) is 31.5 Å². The fourth-order valence-corrected chi connectivity index (χ4v) is 5.29. The van der Waals surface area contributed by atoms with Gasteiger partial charge in [0.2, 0.25) is 5.91 Å². The average Bonchev–Trinajstić information content (AvgIpc) is 3.41. The molecule has 0 aliphatic heterocycles. The Labute approximate surface area is 230 Å². The third kappa shape index (κ3) is 5.12. The number of amides is 1. The molecule has 6 nitrogen and oxygen atoms in total. The molecular formula is C32H24N4O2S. The zero-order valence-electron chi connectivity index (χ0n) is 20.9. The van der Waals surface area contributed by atoms with Gasteiger partial charge in [-0.05, 0) is 71.4 Å². The topological polar surface area (TPSA) is 71.2 Å². The van der Waals surface area contributed by atoms with Gasteiger partial charge in [0.05, 0.1) is 5.75 Å². The lowest BCUT2D eigenvalue weighted by molar-refractivity contribution is -0.115. The summed E-state index contributed by atoms with van der Waals surface area (Å²) < 4.78 is 1.94. The SMILES string of the molecule is O=C(CSc1nnc(-c2ccc(O)cc2)n1-c1ccccc1)N(c1ccccc1)c1ccc2ccccc2c1. The second-order valence-corrected chi connectivity index (χ2v) is 9.85. The van der Waals surface area contributed by atoms with Gasteiger partial charge in [-0.1, -0.05) is 78.5 Å². The second-order valence-electron chi connectivity index (χ2n) is 8.91. The highest BCUT2D eigenvalue weighted by molar-refractivity contribution is 7.99. The number of benzene rings is 5. The molecule has 0 spiro atoms. The highest BCUT2D eigenvalue weighted by atomic mass is 32.2. The van der Waals surface area contributed by atoms with Crippen LogP contribution in [0.15, 0.2) is 133 Å². The van der Waals surface area contributed by atoms with Crippen molar-refractivity contribution in [3.8, 4) is 22.8 Å². The predicted molar refractivity (Wildman–Crippen MR) is 157 cm³/mol. The zero-order valence-corrected chi connectivity index (χ0v) is 21.7. The minimum Gasteiger partial charge on any atom is -0.508 e. The molecule has 1 amide bonds. The summed E-state index contributed by atoms with van der Waals surface area (Å²) in [5.41, 5.74) is 3.30. The van der Waals surface area contributed by atoms with E-state index in [-0.39, 0.29) is 17.4 Å². The summed E-state index contributed by atoms with van der Waals surface area (Å²) in [5, 5.41) is 21.4. The van der Waals surface area contributed by atoms with Crippen molar-refractivity contribution >= 4 is 39.8 Å². The number of hydrogen-bond acceptors (Lipinski definition) is 5. The van der Waals surface area contributed by atoms with Crippen molar-refractivity contribution in [1.82, 2.24) is 14.8 Å². The summed E-state index contributed by atoms with van der Waals surface area (Å²) in [4.78, 5) is 15.6. The summed E-state index contributed by atoms with van der Waals surface area (Å²) in [6, 6.07) is 40.5. The number of nitrogens with zero attached hydrogens (tertiary/aromatic N) is 4. The Balaban J connectivity index is 1.34. The normalized spacial score (nSPS) is 11.0. The molecule has 39 heavy (non-hydrogen) atoms. The molecule has 7 heteroatoms. The summed E-state index contributed by atoms with van der Waals surface area (Å²) in [6.07, 6.45) is 0. The first kappa shape index (κ1) is 24.5. The summed E-state index contributed by atoms with van der Waals surface area (Å²) in [7, 11) is 0. The van der Waals surface area contributed by atoms with Gasteiger partial charge in [-0.15, -0.1) is 10.2 Å². The maximum absolute atomic E-state index is 13.8. The van der Waals surface area contributed by atoms with Gasteiger partial charge in [-0.2, -0.15) is 0 Å². The molecule has 190 valence electrons. The number of carbonyl (C=O) groups excluding carboxylic acids is 1. The van der Waals surface area contributed by atoms with Crippen molar-refractivity contribution in [3.05, 3.63) is 127 Å². The summed E-state index contributed by atoms with van der Waals surface area (Å²) in [6.45, 7) is 0. The molecule has 6 aromatic rings. The lowest BCUT2D eigenvalue weighted by Gasteiger charge is -2.23. The highest BCUT2D eigenvalue weighted by Crippen LogP contribution is 2.32. The largest absolute Gasteiger partial charge is 0.508 e. The molecular weight excluding hydrogens is 504 g/mol. The molecule has 5 aromatic carbocycles. The molecule has 0 unspecified atom stereocenters. The van der Waals surface area contributed by atoms with Crippen molar-refractivity contribution in [3.63, 3.8) is 0 Å². The number of fused-ring (bicyclic) bond motifs is 1. The zero-order chi connectivity index (χ0) is 26.6. The quantitative estimate of drug-likeness (QED) is 0.221. The van der Waals surface area contributed by atoms with Crippen LogP contribution in [0.2, 0.25) is 0 Å². The lowest BCUT2D eigenvalue weighted by Crippen LogP contribution is -2.27. The van der Waals surface area contributed by atoms with Gasteiger partial charge in [0.1, 0.15) is 5.75 Å². The number of thioether (sulfide) groups is 1. The van der Waals surface area contributed by atoms with Gasteiger partial charge in [-0.3, -0.25) is 14.3 Å². The van der Waals surface area contributed by atoms with Crippen molar-refractivity contribution in [2.24, 2.45) is 0 Å². The van der Waals surface area contributed by atoms with Gasteiger partial charge in [0.15, 0.2) is 11.0 Å². The van der Waals surface area contributed by atoms with E-state index in [1.807, 2.05) is 95.6 Å². The van der Waals surface area contributed by atoms with Crippen LogP contribution in [0, 0.1) is 0 Å². The van der Waals surface area contributed by atoms with Crippen molar-refractivity contribution < 1.29 is 9.90 Å². The number of rotatable bonds is 7. The summed E-state index contributed by atoms with van der Waals surface area (Å²) >= 11 is 1.34. The third-order valence-electron chi connectivity index (χ3n) is 6.35. The van der Waals surface area contributed by atoms with Crippen LogP contribution in [-0.2, 0) is 4.79 Å². The number of phenols is 1. The van der Waals surface area contributed by atoms with E-state index in [4.69, 9.17) is 0 Å². The van der Waals surface area contributed by atoms with Crippen LogP contribution in [0.5, 0.6) is 5.75 Å². The van der Waals surface area contributed by atoms with Crippen molar-refractivity contribution in [1.29, 1.82) is 0 Å². The molecule has 0 aliphatic rings. The Kier molecular flexibility index (Phi) is 6.80. The van der Waals surface area contributed by atoms with E-state index in [2.05, 4.69) is 22.3 Å². The smallest absolute Gasteiger partial charge is 0.242 e. The van der Waals surface area contributed by atoms with Gasteiger partial charge < -0.3 is 5.11 Å². The van der Waals surface area contributed by atoms with E-state index in [1.165, 1.54) is 11.8 Å². The van der Waals surface area contributed by atoms with Crippen LogP contribution in [0.3, 0.4) is 0 Å². The van der Waals surface area contributed by atoms with Crippen LogP contribution < -0.4 is 4.90 Å². The molecule has 0 aliphatic carbocycles.